The van der Waals surface area contributed by atoms with E-state index in [0.29, 0.717) is 5.56 Å². The van der Waals surface area contributed by atoms with Crippen molar-refractivity contribution in [3.05, 3.63) is 35.9 Å². The predicted octanol–water partition coefficient (Wildman–Crippen LogP) is 0.677. The first-order valence-corrected chi connectivity index (χ1v) is 6.76. The SMILES string of the molecule is COC(=O)[C@@]1(O)CC2O[C@@H]2[C@H](OC(=O)c2ccccc2)C1. The second-order valence-electron chi connectivity index (χ2n) is 5.38. The summed E-state index contributed by atoms with van der Waals surface area (Å²) in [5.74, 6) is -1.22. The van der Waals surface area contributed by atoms with Crippen LogP contribution in [0.5, 0.6) is 0 Å². The highest BCUT2D eigenvalue weighted by molar-refractivity contribution is 5.89. The van der Waals surface area contributed by atoms with Gasteiger partial charge in [0, 0.05) is 12.8 Å². The molecule has 0 spiro atoms. The van der Waals surface area contributed by atoms with Gasteiger partial charge in [-0.15, -0.1) is 0 Å². The molecule has 0 radical (unpaired) electrons. The molecule has 6 heteroatoms. The van der Waals surface area contributed by atoms with E-state index in [1.807, 2.05) is 0 Å². The van der Waals surface area contributed by atoms with Crippen molar-refractivity contribution in [2.24, 2.45) is 0 Å². The van der Waals surface area contributed by atoms with E-state index in [4.69, 9.17) is 9.47 Å². The zero-order chi connectivity index (χ0) is 15.0. The lowest BCUT2D eigenvalue weighted by molar-refractivity contribution is -0.168. The molecule has 112 valence electrons. The summed E-state index contributed by atoms with van der Waals surface area (Å²) in [6.45, 7) is 0. The van der Waals surface area contributed by atoms with Gasteiger partial charge in [-0.3, -0.25) is 0 Å². The molecule has 0 bridgehead atoms. The van der Waals surface area contributed by atoms with Crippen LogP contribution >= 0.6 is 0 Å². The zero-order valence-electron chi connectivity index (χ0n) is 11.5. The van der Waals surface area contributed by atoms with E-state index in [1.54, 1.807) is 30.3 Å². The third kappa shape index (κ3) is 2.64. The van der Waals surface area contributed by atoms with Crippen LogP contribution in [0.4, 0.5) is 0 Å². The smallest absolute Gasteiger partial charge is 0.338 e. The predicted molar refractivity (Wildman–Crippen MR) is 70.5 cm³/mol. The number of rotatable bonds is 3. The summed E-state index contributed by atoms with van der Waals surface area (Å²) in [4.78, 5) is 23.7. The molecule has 1 aromatic carbocycles. The molecule has 1 saturated heterocycles. The standard InChI is InChI=1S/C15H16O6/c1-19-14(17)15(18)7-10-12(20-10)11(8-15)21-13(16)9-5-3-2-4-6-9/h2-6,10-12,18H,7-8H2,1H3/t10?,11-,12+,15-/m1/s1. The minimum atomic E-state index is -1.66. The summed E-state index contributed by atoms with van der Waals surface area (Å²) >= 11 is 0. The van der Waals surface area contributed by atoms with Crippen molar-refractivity contribution in [3.8, 4) is 0 Å². The highest BCUT2D eigenvalue weighted by Gasteiger charge is 2.60. The molecule has 6 nitrogen and oxygen atoms in total. The van der Waals surface area contributed by atoms with E-state index in [9.17, 15) is 14.7 Å². The highest BCUT2D eigenvalue weighted by Crippen LogP contribution is 2.43. The van der Waals surface area contributed by atoms with Crippen LogP contribution in [0.25, 0.3) is 0 Å². The van der Waals surface area contributed by atoms with Crippen molar-refractivity contribution in [3.63, 3.8) is 0 Å². The van der Waals surface area contributed by atoms with Crippen LogP contribution in [-0.4, -0.2) is 48.1 Å². The normalized spacial score (nSPS) is 33.7. The van der Waals surface area contributed by atoms with Crippen LogP contribution in [0.3, 0.4) is 0 Å². The molecule has 21 heavy (non-hydrogen) atoms. The molecule has 3 rings (SSSR count). The van der Waals surface area contributed by atoms with Crippen molar-refractivity contribution in [2.45, 2.75) is 36.8 Å². The first-order chi connectivity index (χ1) is 10.0. The molecule has 0 aromatic heterocycles. The van der Waals surface area contributed by atoms with Crippen molar-refractivity contribution < 1.29 is 28.9 Å². The van der Waals surface area contributed by atoms with Crippen LogP contribution < -0.4 is 0 Å². The van der Waals surface area contributed by atoms with E-state index in [0.717, 1.165) is 0 Å². The molecule has 1 saturated carbocycles. The zero-order valence-corrected chi connectivity index (χ0v) is 11.5. The van der Waals surface area contributed by atoms with Crippen molar-refractivity contribution in [2.75, 3.05) is 7.11 Å². The molecule has 4 atom stereocenters. The second-order valence-corrected chi connectivity index (χ2v) is 5.38. The van der Waals surface area contributed by atoms with Crippen LogP contribution in [0.2, 0.25) is 0 Å². The number of aliphatic hydroxyl groups is 1. The molecule has 2 fully saturated rings. The Labute approximate surface area is 121 Å². The Bertz CT molecular complexity index is 557. The number of fused-ring (bicyclic) bond motifs is 1. The topological polar surface area (TPSA) is 85.4 Å². The van der Waals surface area contributed by atoms with Gasteiger partial charge in [-0.25, -0.2) is 9.59 Å². The van der Waals surface area contributed by atoms with Gasteiger partial charge >= 0.3 is 11.9 Å². The third-order valence-electron chi connectivity index (χ3n) is 3.90. The number of carbonyl (C=O) groups excluding carboxylic acids is 2. The molecule has 1 aliphatic carbocycles. The minimum Gasteiger partial charge on any atom is -0.467 e. The second kappa shape index (κ2) is 5.13. The maximum absolute atomic E-state index is 12.1. The number of esters is 2. The summed E-state index contributed by atoms with van der Waals surface area (Å²) in [6.07, 6.45) is -1.01. The Balaban J connectivity index is 1.71. The van der Waals surface area contributed by atoms with E-state index in [2.05, 4.69) is 4.74 Å². The fourth-order valence-corrected chi connectivity index (χ4v) is 2.76. The monoisotopic (exact) mass is 292 g/mol. The first kappa shape index (κ1) is 14.0. The van der Waals surface area contributed by atoms with Crippen molar-refractivity contribution in [1.82, 2.24) is 0 Å². The Morgan fingerprint density at radius 3 is 2.67 bits per heavy atom. The van der Waals surface area contributed by atoms with Gasteiger partial charge in [0.2, 0.25) is 0 Å². The summed E-state index contributed by atoms with van der Waals surface area (Å²) in [5.41, 5.74) is -1.24. The molecular weight excluding hydrogens is 276 g/mol. The number of hydrogen-bond donors (Lipinski definition) is 1. The first-order valence-electron chi connectivity index (χ1n) is 6.76. The van der Waals surface area contributed by atoms with E-state index >= 15 is 0 Å². The molecule has 0 amide bonds. The Kier molecular flexibility index (Phi) is 3.43. The van der Waals surface area contributed by atoms with Gasteiger partial charge in [-0.1, -0.05) is 18.2 Å². The van der Waals surface area contributed by atoms with Crippen LogP contribution in [0.15, 0.2) is 30.3 Å². The molecule has 1 aromatic rings. The van der Waals surface area contributed by atoms with E-state index in [-0.39, 0.29) is 25.0 Å². The fourth-order valence-electron chi connectivity index (χ4n) is 2.76. The summed E-state index contributed by atoms with van der Waals surface area (Å²) in [5, 5.41) is 10.3. The average molecular weight is 292 g/mol. The maximum Gasteiger partial charge on any atom is 0.338 e. The largest absolute Gasteiger partial charge is 0.467 e. The molecule has 2 aliphatic rings. The Morgan fingerprint density at radius 1 is 1.29 bits per heavy atom. The third-order valence-corrected chi connectivity index (χ3v) is 3.90. The van der Waals surface area contributed by atoms with Gasteiger partial charge < -0.3 is 19.3 Å². The van der Waals surface area contributed by atoms with Gasteiger partial charge in [0.1, 0.15) is 12.2 Å². The van der Waals surface area contributed by atoms with Gasteiger partial charge in [0.15, 0.2) is 5.60 Å². The van der Waals surface area contributed by atoms with Crippen LogP contribution in [0, 0.1) is 0 Å². The summed E-state index contributed by atoms with van der Waals surface area (Å²) in [7, 11) is 1.21. The lowest BCUT2D eigenvalue weighted by atomic mass is 9.83. The van der Waals surface area contributed by atoms with Crippen LogP contribution in [0.1, 0.15) is 23.2 Å². The Morgan fingerprint density at radius 2 is 2.00 bits per heavy atom. The van der Waals surface area contributed by atoms with Crippen LogP contribution in [-0.2, 0) is 19.0 Å². The van der Waals surface area contributed by atoms with Gasteiger partial charge in [0.25, 0.3) is 0 Å². The Hall–Kier alpha value is -1.92. The number of epoxide rings is 1. The molecular formula is C15H16O6. The number of methoxy groups -OCH3 is 1. The molecule has 1 aliphatic heterocycles. The number of hydrogen-bond acceptors (Lipinski definition) is 6. The van der Waals surface area contributed by atoms with Gasteiger partial charge in [-0.05, 0) is 12.1 Å². The molecule has 1 heterocycles. The van der Waals surface area contributed by atoms with Gasteiger partial charge in [-0.2, -0.15) is 0 Å². The lowest BCUT2D eigenvalue weighted by Gasteiger charge is -2.31. The fraction of sp³-hybridized carbons (Fsp3) is 0.467. The summed E-state index contributed by atoms with van der Waals surface area (Å²) < 4.78 is 15.4. The van der Waals surface area contributed by atoms with Gasteiger partial charge in [0.05, 0.1) is 18.8 Å². The average Bonchev–Trinajstić information content (AvgIpc) is 3.26. The van der Waals surface area contributed by atoms with E-state index < -0.39 is 23.6 Å². The van der Waals surface area contributed by atoms with E-state index in [1.165, 1.54) is 7.11 Å². The summed E-state index contributed by atoms with van der Waals surface area (Å²) in [6, 6.07) is 8.55. The lowest BCUT2D eigenvalue weighted by Crippen LogP contribution is -2.49. The molecule has 1 unspecified atom stereocenters. The minimum absolute atomic E-state index is 0.0145. The number of ether oxygens (including phenoxy) is 3. The number of benzene rings is 1. The van der Waals surface area contributed by atoms with Crippen molar-refractivity contribution in [1.29, 1.82) is 0 Å². The van der Waals surface area contributed by atoms with Crippen molar-refractivity contribution >= 4 is 11.9 Å². The quantitative estimate of drug-likeness (QED) is 0.651. The highest BCUT2D eigenvalue weighted by atomic mass is 16.6. The maximum atomic E-state index is 12.1. The molecule has 1 N–H and O–H groups in total. The number of carbonyl (C=O) groups is 2.